The van der Waals surface area contributed by atoms with E-state index in [9.17, 15) is 5.11 Å². The lowest BCUT2D eigenvalue weighted by Crippen LogP contribution is -2.14. The van der Waals surface area contributed by atoms with Gasteiger partial charge in [-0.05, 0) is 11.1 Å². The Bertz CT molecular complexity index is 493. The van der Waals surface area contributed by atoms with Crippen LogP contribution < -0.4 is 0 Å². The second-order valence-corrected chi connectivity index (χ2v) is 4.31. The maximum Gasteiger partial charge on any atom is 0.113 e. The number of rotatable bonds is 6. The quantitative estimate of drug-likeness (QED) is 0.797. The molecule has 2 rings (SSSR count). The van der Waals surface area contributed by atoms with Crippen molar-refractivity contribution in [2.45, 2.75) is 12.2 Å². The van der Waals surface area contributed by atoms with Crippen molar-refractivity contribution >= 4 is 0 Å². The zero-order chi connectivity index (χ0) is 13.5. The third-order valence-electron chi connectivity index (χ3n) is 2.95. The second kappa shape index (κ2) is 6.88. The van der Waals surface area contributed by atoms with E-state index in [4.69, 9.17) is 4.74 Å². The molecule has 0 aliphatic rings. The molecule has 98 valence electrons. The summed E-state index contributed by atoms with van der Waals surface area (Å²) in [7, 11) is 0. The minimum absolute atomic E-state index is 0.387. The van der Waals surface area contributed by atoms with E-state index < -0.39 is 6.10 Å². The largest absolute Gasteiger partial charge is 0.385 e. The van der Waals surface area contributed by atoms with Gasteiger partial charge in [-0.15, -0.1) is 6.58 Å². The van der Waals surface area contributed by atoms with Crippen LogP contribution in [-0.2, 0) is 4.74 Å². The first kappa shape index (κ1) is 13.5. The van der Waals surface area contributed by atoms with Gasteiger partial charge < -0.3 is 9.84 Å². The first-order valence-electron chi connectivity index (χ1n) is 6.33. The molecule has 0 spiro atoms. The monoisotopic (exact) mass is 254 g/mol. The lowest BCUT2D eigenvalue weighted by molar-refractivity contribution is -0.0299. The van der Waals surface area contributed by atoms with Crippen LogP contribution >= 0.6 is 0 Å². The SMILES string of the molecule is C=CCO[C@H](c1ccccc1)[C@@H](O)c1ccccc1. The zero-order valence-corrected chi connectivity index (χ0v) is 10.8. The van der Waals surface area contributed by atoms with Crippen molar-refractivity contribution in [3.8, 4) is 0 Å². The van der Waals surface area contributed by atoms with Gasteiger partial charge in [0, 0.05) is 0 Å². The molecule has 1 N–H and O–H groups in total. The van der Waals surface area contributed by atoms with Crippen molar-refractivity contribution in [3.05, 3.63) is 84.4 Å². The molecule has 2 heteroatoms. The Morgan fingerprint density at radius 1 is 0.947 bits per heavy atom. The minimum Gasteiger partial charge on any atom is -0.385 e. The van der Waals surface area contributed by atoms with E-state index in [0.29, 0.717) is 6.61 Å². The predicted molar refractivity (Wildman–Crippen MR) is 76.7 cm³/mol. The molecule has 2 aromatic rings. The number of aliphatic hydroxyl groups is 1. The van der Waals surface area contributed by atoms with Crippen LogP contribution in [0.1, 0.15) is 23.3 Å². The van der Waals surface area contributed by atoms with Crippen LogP contribution in [0.3, 0.4) is 0 Å². The van der Waals surface area contributed by atoms with Crippen molar-refractivity contribution in [2.75, 3.05) is 6.61 Å². The number of hydrogen-bond donors (Lipinski definition) is 1. The van der Waals surface area contributed by atoms with Crippen LogP contribution in [0.15, 0.2) is 73.3 Å². The third-order valence-corrected chi connectivity index (χ3v) is 2.95. The highest BCUT2D eigenvalue weighted by Gasteiger charge is 2.22. The van der Waals surface area contributed by atoms with Crippen molar-refractivity contribution in [1.29, 1.82) is 0 Å². The summed E-state index contributed by atoms with van der Waals surface area (Å²) in [4.78, 5) is 0. The Balaban J connectivity index is 2.25. The molecule has 0 amide bonds. The van der Waals surface area contributed by atoms with Crippen LogP contribution in [-0.4, -0.2) is 11.7 Å². The molecule has 0 bridgehead atoms. The number of aliphatic hydroxyl groups excluding tert-OH is 1. The molecule has 0 aromatic heterocycles. The maximum atomic E-state index is 10.5. The van der Waals surface area contributed by atoms with E-state index in [1.807, 2.05) is 60.7 Å². The molecule has 0 unspecified atom stereocenters. The summed E-state index contributed by atoms with van der Waals surface area (Å²) in [5, 5.41) is 10.5. The summed E-state index contributed by atoms with van der Waals surface area (Å²) >= 11 is 0. The van der Waals surface area contributed by atoms with E-state index in [0.717, 1.165) is 11.1 Å². The van der Waals surface area contributed by atoms with Crippen LogP contribution in [0.25, 0.3) is 0 Å². The van der Waals surface area contributed by atoms with E-state index in [-0.39, 0.29) is 6.10 Å². The standard InChI is InChI=1S/C17H18O2/c1-2-13-19-17(15-11-7-4-8-12-15)16(18)14-9-5-3-6-10-14/h2-12,16-18H,1,13H2/t16-,17+/m0/s1. The fourth-order valence-electron chi connectivity index (χ4n) is 2.01. The summed E-state index contributed by atoms with van der Waals surface area (Å²) < 4.78 is 5.73. The van der Waals surface area contributed by atoms with Gasteiger partial charge in [0.2, 0.25) is 0 Å². The molecule has 0 saturated carbocycles. The topological polar surface area (TPSA) is 29.5 Å². The Kier molecular flexibility index (Phi) is 4.90. The van der Waals surface area contributed by atoms with E-state index in [1.54, 1.807) is 6.08 Å². The lowest BCUT2D eigenvalue weighted by Gasteiger charge is -2.23. The fourth-order valence-corrected chi connectivity index (χ4v) is 2.01. The summed E-state index contributed by atoms with van der Waals surface area (Å²) in [5.41, 5.74) is 1.81. The van der Waals surface area contributed by atoms with Crippen molar-refractivity contribution in [2.24, 2.45) is 0 Å². The van der Waals surface area contributed by atoms with E-state index in [1.165, 1.54) is 0 Å². The molecule has 0 radical (unpaired) electrons. The predicted octanol–water partition coefficient (Wildman–Crippen LogP) is 3.66. The molecular weight excluding hydrogens is 236 g/mol. The summed E-state index contributed by atoms with van der Waals surface area (Å²) in [6.07, 6.45) is 0.610. The van der Waals surface area contributed by atoms with Crippen LogP contribution in [0.4, 0.5) is 0 Å². The molecule has 0 aliphatic carbocycles. The van der Waals surface area contributed by atoms with Gasteiger partial charge in [0.05, 0.1) is 6.61 Å². The molecule has 2 aromatic carbocycles. The minimum atomic E-state index is -0.691. The molecule has 0 aliphatic heterocycles. The van der Waals surface area contributed by atoms with Gasteiger partial charge in [0.1, 0.15) is 12.2 Å². The van der Waals surface area contributed by atoms with Crippen LogP contribution in [0, 0.1) is 0 Å². The van der Waals surface area contributed by atoms with Gasteiger partial charge >= 0.3 is 0 Å². The number of hydrogen-bond acceptors (Lipinski definition) is 2. The van der Waals surface area contributed by atoms with Crippen molar-refractivity contribution in [1.82, 2.24) is 0 Å². The van der Waals surface area contributed by atoms with Crippen LogP contribution in [0.2, 0.25) is 0 Å². The molecule has 0 heterocycles. The van der Waals surface area contributed by atoms with Gasteiger partial charge in [0.15, 0.2) is 0 Å². The smallest absolute Gasteiger partial charge is 0.113 e. The van der Waals surface area contributed by atoms with Gasteiger partial charge in [-0.1, -0.05) is 66.7 Å². The molecule has 2 nitrogen and oxygen atoms in total. The summed E-state index contributed by atoms with van der Waals surface area (Å²) in [6, 6.07) is 19.3. The van der Waals surface area contributed by atoms with Gasteiger partial charge in [-0.25, -0.2) is 0 Å². The Morgan fingerprint density at radius 2 is 1.47 bits per heavy atom. The zero-order valence-electron chi connectivity index (χ0n) is 10.8. The van der Waals surface area contributed by atoms with Gasteiger partial charge in [-0.2, -0.15) is 0 Å². The molecule has 0 fully saturated rings. The lowest BCUT2D eigenvalue weighted by atomic mass is 9.98. The fraction of sp³-hybridized carbons (Fsp3) is 0.176. The Hall–Kier alpha value is -1.90. The second-order valence-electron chi connectivity index (χ2n) is 4.31. The molecule has 0 saturated heterocycles. The Labute approximate surface area is 114 Å². The maximum absolute atomic E-state index is 10.5. The van der Waals surface area contributed by atoms with E-state index >= 15 is 0 Å². The summed E-state index contributed by atoms with van der Waals surface area (Å²) in [6.45, 7) is 4.06. The first-order valence-corrected chi connectivity index (χ1v) is 6.33. The van der Waals surface area contributed by atoms with E-state index in [2.05, 4.69) is 6.58 Å². The summed E-state index contributed by atoms with van der Waals surface area (Å²) in [5.74, 6) is 0. The highest BCUT2D eigenvalue weighted by molar-refractivity contribution is 5.25. The molecule has 2 atom stereocenters. The molecular formula is C17H18O2. The Morgan fingerprint density at radius 3 is 2.00 bits per heavy atom. The van der Waals surface area contributed by atoms with Crippen LogP contribution in [0.5, 0.6) is 0 Å². The van der Waals surface area contributed by atoms with Crippen molar-refractivity contribution < 1.29 is 9.84 Å². The van der Waals surface area contributed by atoms with Crippen molar-refractivity contribution in [3.63, 3.8) is 0 Å². The highest BCUT2D eigenvalue weighted by Crippen LogP contribution is 2.31. The van der Waals surface area contributed by atoms with Gasteiger partial charge in [0.25, 0.3) is 0 Å². The highest BCUT2D eigenvalue weighted by atomic mass is 16.5. The van der Waals surface area contributed by atoms with Gasteiger partial charge in [-0.3, -0.25) is 0 Å². The average Bonchev–Trinajstić information content (AvgIpc) is 2.49. The average molecular weight is 254 g/mol. The number of benzene rings is 2. The third kappa shape index (κ3) is 3.53. The normalized spacial score (nSPS) is 13.7. The molecule has 19 heavy (non-hydrogen) atoms. The first-order chi connectivity index (χ1) is 9.33. The number of ether oxygens (including phenoxy) is 1.